The molecule has 20 heavy (non-hydrogen) atoms. The molecule has 0 aromatic heterocycles. The Balaban J connectivity index is 1.57. The molecule has 1 aromatic carbocycles. The first-order chi connectivity index (χ1) is 9.86. The van der Waals surface area contributed by atoms with E-state index in [0.717, 1.165) is 25.6 Å². The predicted octanol–water partition coefficient (Wildman–Crippen LogP) is 2.23. The lowest BCUT2D eigenvalue weighted by atomic mass is 9.89. The molecule has 1 atom stereocenters. The number of hydrogen-bond acceptors (Lipinski definition) is 3. The highest BCUT2D eigenvalue weighted by Gasteiger charge is 2.25. The number of ether oxygens (including phenoxy) is 1. The number of likely N-dealkylation sites (tertiary alicyclic amines) is 1. The first-order valence-electron chi connectivity index (χ1n) is 7.86. The van der Waals surface area contributed by atoms with E-state index in [9.17, 15) is 0 Å². The number of methoxy groups -OCH3 is 1. The van der Waals surface area contributed by atoms with Crippen LogP contribution in [-0.4, -0.2) is 44.8 Å². The molecule has 1 unspecified atom stereocenters. The van der Waals surface area contributed by atoms with E-state index >= 15 is 0 Å². The van der Waals surface area contributed by atoms with Crippen molar-refractivity contribution in [3.05, 3.63) is 35.4 Å². The number of nitrogens with one attached hydrogen (secondary N) is 1. The summed E-state index contributed by atoms with van der Waals surface area (Å²) in [6.45, 7) is 6.74. The van der Waals surface area contributed by atoms with Gasteiger partial charge in [-0.1, -0.05) is 24.3 Å². The van der Waals surface area contributed by atoms with Crippen molar-refractivity contribution in [2.75, 3.05) is 39.9 Å². The van der Waals surface area contributed by atoms with Crippen LogP contribution in [0.2, 0.25) is 0 Å². The molecule has 2 heterocycles. The van der Waals surface area contributed by atoms with Gasteiger partial charge in [0, 0.05) is 39.3 Å². The van der Waals surface area contributed by atoms with Gasteiger partial charge in [0.05, 0.1) is 0 Å². The van der Waals surface area contributed by atoms with E-state index in [-0.39, 0.29) is 0 Å². The van der Waals surface area contributed by atoms with Gasteiger partial charge in [0.2, 0.25) is 0 Å². The van der Waals surface area contributed by atoms with Gasteiger partial charge in [-0.05, 0) is 43.0 Å². The second-order valence-corrected chi connectivity index (χ2v) is 6.23. The Morgan fingerprint density at radius 2 is 2.05 bits per heavy atom. The van der Waals surface area contributed by atoms with E-state index in [0.29, 0.717) is 5.92 Å². The Labute approximate surface area is 122 Å². The third-order valence-electron chi connectivity index (χ3n) is 4.79. The molecule has 3 rings (SSSR count). The molecule has 110 valence electrons. The zero-order valence-electron chi connectivity index (χ0n) is 12.5. The summed E-state index contributed by atoms with van der Waals surface area (Å²) in [5.74, 6) is 1.42. The monoisotopic (exact) mass is 274 g/mol. The van der Waals surface area contributed by atoms with Gasteiger partial charge >= 0.3 is 0 Å². The van der Waals surface area contributed by atoms with Gasteiger partial charge in [-0.15, -0.1) is 0 Å². The molecule has 1 fully saturated rings. The van der Waals surface area contributed by atoms with Crippen LogP contribution in [-0.2, 0) is 11.3 Å². The summed E-state index contributed by atoms with van der Waals surface area (Å²) in [7, 11) is 1.82. The normalized spacial score (nSPS) is 24.6. The van der Waals surface area contributed by atoms with Crippen molar-refractivity contribution in [3.63, 3.8) is 0 Å². The standard InChI is InChI=1S/C17H26N2O/c1-20-13-14-6-8-19(9-7-14)12-16-11-18-10-15-4-2-3-5-17(15)16/h2-5,14,16,18H,6-13H2,1H3. The Bertz CT molecular complexity index is 427. The average Bonchev–Trinajstić information content (AvgIpc) is 2.50. The van der Waals surface area contributed by atoms with Crippen LogP contribution < -0.4 is 5.32 Å². The van der Waals surface area contributed by atoms with E-state index in [1.165, 1.54) is 38.0 Å². The fourth-order valence-electron chi connectivity index (χ4n) is 3.63. The van der Waals surface area contributed by atoms with E-state index in [1.54, 1.807) is 5.56 Å². The summed E-state index contributed by atoms with van der Waals surface area (Å²) in [6, 6.07) is 8.92. The van der Waals surface area contributed by atoms with Gasteiger partial charge in [0.15, 0.2) is 0 Å². The van der Waals surface area contributed by atoms with Gasteiger partial charge in [0.25, 0.3) is 0 Å². The van der Waals surface area contributed by atoms with Gasteiger partial charge in [-0.25, -0.2) is 0 Å². The second kappa shape index (κ2) is 6.70. The molecule has 2 aliphatic heterocycles. The van der Waals surface area contributed by atoms with Gasteiger partial charge in [-0.3, -0.25) is 0 Å². The Morgan fingerprint density at radius 3 is 2.85 bits per heavy atom. The molecule has 2 aliphatic rings. The molecule has 3 nitrogen and oxygen atoms in total. The number of benzene rings is 1. The van der Waals surface area contributed by atoms with Crippen LogP contribution >= 0.6 is 0 Å². The Hall–Kier alpha value is -0.900. The number of nitrogens with zero attached hydrogens (tertiary/aromatic N) is 1. The third-order valence-corrected chi connectivity index (χ3v) is 4.79. The molecular weight excluding hydrogens is 248 g/mol. The van der Waals surface area contributed by atoms with Crippen LogP contribution in [0.5, 0.6) is 0 Å². The van der Waals surface area contributed by atoms with Crippen molar-refractivity contribution in [1.29, 1.82) is 0 Å². The molecule has 0 bridgehead atoms. The number of piperidine rings is 1. The fraction of sp³-hybridized carbons (Fsp3) is 0.647. The fourth-order valence-corrected chi connectivity index (χ4v) is 3.63. The average molecular weight is 274 g/mol. The maximum atomic E-state index is 5.28. The summed E-state index contributed by atoms with van der Waals surface area (Å²) in [5, 5.41) is 3.56. The van der Waals surface area contributed by atoms with E-state index in [2.05, 4.69) is 34.5 Å². The van der Waals surface area contributed by atoms with Crippen LogP contribution in [0.4, 0.5) is 0 Å². The summed E-state index contributed by atoms with van der Waals surface area (Å²) in [4.78, 5) is 2.64. The molecule has 3 heteroatoms. The zero-order valence-corrected chi connectivity index (χ0v) is 12.5. The van der Waals surface area contributed by atoms with E-state index in [4.69, 9.17) is 4.74 Å². The summed E-state index contributed by atoms with van der Waals surface area (Å²) in [6.07, 6.45) is 2.57. The van der Waals surface area contributed by atoms with Crippen molar-refractivity contribution in [2.45, 2.75) is 25.3 Å². The van der Waals surface area contributed by atoms with Gasteiger partial charge in [-0.2, -0.15) is 0 Å². The SMILES string of the molecule is COCC1CCN(CC2CNCc3ccccc32)CC1. The van der Waals surface area contributed by atoms with Crippen LogP contribution in [0.25, 0.3) is 0 Å². The lowest BCUT2D eigenvalue weighted by Crippen LogP contribution is -2.41. The molecule has 1 saturated heterocycles. The first kappa shape index (κ1) is 14.1. The highest BCUT2D eigenvalue weighted by Crippen LogP contribution is 2.26. The van der Waals surface area contributed by atoms with Crippen molar-refractivity contribution in [3.8, 4) is 0 Å². The predicted molar refractivity (Wildman–Crippen MR) is 81.9 cm³/mol. The maximum Gasteiger partial charge on any atom is 0.0491 e. The lowest BCUT2D eigenvalue weighted by molar-refractivity contribution is 0.0964. The molecule has 1 aromatic rings. The molecule has 0 saturated carbocycles. The van der Waals surface area contributed by atoms with Crippen molar-refractivity contribution in [2.24, 2.45) is 5.92 Å². The highest BCUT2D eigenvalue weighted by atomic mass is 16.5. The van der Waals surface area contributed by atoms with Gasteiger partial charge in [0.1, 0.15) is 0 Å². The van der Waals surface area contributed by atoms with Crippen LogP contribution in [0.3, 0.4) is 0 Å². The van der Waals surface area contributed by atoms with Crippen molar-refractivity contribution >= 4 is 0 Å². The first-order valence-corrected chi connectivity index (χ1v) is 7.86. The van der Waals surface area contributed by atoms with Gasteiger partial charge < -0.3 is 15.0 Å². The zero-order chi connectivity index (χ0) is 13.8. The number of rotatable bonds is 4. The summed E-state index contributed by atoms with van der Waals surface area (Å²) in [5.41, 5.74) is 3.04. The minimum absolute atomic E-state index is 0.652. The highest BCUT2D eigenvalue weighted by molar-refractivity contribution is 5.32. The minimum atomic E-state index is 0.652. The largest absolute Gasteiger partial charge is 0.384 e. The number of fused-ring (bicyclic) bond motifs is 1. The topological polar surface area (TPSA) is 24.5 Å². The smallest absolute Gasteiger partial charge is 0.0491 e. The van der Waals surface area contributed by atoms with Crippen LogP contribution in [0.15, 0.2) is 24.3 Å². The van der Waals surface area contributed by atoms with Crippen molar-refractivity contribution in [1.82, 2.24) is 10.2 Å². The molecule has 0 amide bonds. The second-order valence-electron chi connectivity index (χ2n) is 6.23. The maximum absolute atomic E-state index is 5.28. The lowest BCUT2D eigenvalue weighted by Gasteiger charge is -2.36. The minimum Gasteiger partial charge on any atom is -0.384 e. The molecule has 0 radical (unpaired) electrons. The van der Waals surface area contributed by atoms with E-state index < -0.39 is 0 Å². The van der Waals surface area contributed by atoms with E-state index in [1.807, 2.05) is 7.11 Å². The molecular formula is C17H26N2O. The Kier molecular flexibility index (Phi) is 4.71. The summed E-state index contributed by atoms with van der Waals surface area (Å²) >= 11 is 0. The quantitative estimate of drug-likeness (QED) is 0.911. The van der Waals surface area contributed by atoms with Crippen LogP contribution in [0.1, 0.15) is 29.9 Å². The Morgan fingerprint density at radius 1 is 1.25 bits per heavy atom. The molecule has 0 spiro atoms. The van der Waals surface area contributed by atoms with Crippen LogP contribution in [0, 0.1) is 5.92 Å². The summed E-state index contributed by atoms with van der Waals surface area (Å²) < 4.78 is 5.28. The molecule has 0 aliphatic carbocycles. The third kappa shape index (κ3) is 3.22. The number of hydrogen-bond donors (Lipinski definition) is 1. The molecule has 1 N–H and O–H groups in total. The van der Waals surface area contributed by atoms with Crippen molar-refractivity contribution < 1.29 is 4.74 Å².